The molecular formula is C14H17N3O2S. The van der Waals surface area contributed by atoms with Crippen LogP contribution in [-0.2, 0) is 6.54 Å². The zero-order valence-electron chi connectivity index (χ0n) is 11.7. The highest BCUT2D eigenvalue weighted by molar-refractivity contribution is 7.09. The van der Waals surface area contributed by atoms with Crippen molar-refractivity contribution >= 4 is 17.0 Å². The Kier molecular flexibility index (Phi) is 4.15. The number of nitrogens with one attached hydrogen (secondary N) is 1. The SMILES string of the molecule is CC(C)(C)NCc1nc(-c2ccc([N+](=O)[O-])cc2)cs1. The number of non-ortho nitro benzene ring substituents is 1. The number of hydrogen-bond donors (Lipinski definition) is 1. The molecule has 1 aromatic carbocycles. The first-order chi connectivity index (χ1) is 9.35. The van der Waals surface area contributed by atoms with Crippen LogP contribution in [0.2, 0.25) is 0 Å². The molecule has 0 fully saturated rings. The number of nitrogens with zero attached hydrogens (tertiary/aromatic N) is 2. The molecule has 1 heterocycles. The normalized spacial score (nSPS) is 11.6. The molecule has 0 spiro atoms. The fourth-order valence-electron chi connectivity index (χ4n) is 1.62. The van der Waals surface area contributed by atoms with E-state index in [2.05, 4.69) is 31.1 Å². The smallest absolute Gasteiger partial charge is 0.269 e. The van der Waals surface area contributed by atoms with E-state index < -0.39 is 4.92 Å². The van der Waals surface area contributed by atoms with Gasteiger partial charge in [0.1, 0.15) is 5.01 Å². The van der Waals surface area contributed by atoms with Gasteiger partial charge in [-0.25, -0.2) is 4.98 Å². The van der Waals surface area contributed by atoms with Gasteiger partial charge < -0.3 is 5.32 Å². The Labute approximate surface area is 121 Å². The summed E-state index contributed by atoms with van der Waals surface area (Å²) in [5, 5.41) is 17.0. The molecule has 0 aliphatic carbocycles. The van der Waals surface area contributed by atoms with Crippen molar-refractivity contribution in [2.45, 2.75) is 32.9 Å². The third-order valence-corrected chi connectivity index (χ3v) is 3.54. The third kappa shape index (κ3) is 3.85. The third-order valence-electron chi connectivity index (χ3n) is 2.70. The van der Waals surface area contributed by atoms with Crippen molar-refractivity contribution in [3.63, 3.8) is 0 Å². The molecule has 2 rings (SSSR count). The average molecular weight is 291 g/mol. The van der Waals surface area contributed by atoms with Crippen molar-refractivity contribution in [1.82, 2.24) is 10.3 Å². The van der Waals surface area contributed by atoms with E-state index >= 15 is 0 Å². The highest BCUT2D eigenvalue weighted by Gasteiger charge is 2.11. The van der Waals surface area contributed by atoms with E-state index in [0.717, 1.165) is 22.8 Å². The quantitative estimate of drug-likeness (QED) is 0.690. The minimum Gasteiger partial charge on any atom is -0.306 e. The van der Waals surface area contributed by atoms with Crippen LogP contribution in [0.25, 0.3) is 11.3 Å². The topological polar surface area (TPSA) is 68.1 Å². The van der Waals surface area contributed by atoms with Crippen LogP contribution >= 0.6 is 11.3 Å². The first-order valence-electron chi connectivity index (χ1n) is 6.29. The van der Waals surface area contributed by atoms with Crippen molar-refractivity contribution in [2.75, 3.05) is 0 Å². The van der Waals surface area contributed by atoms with E-state index in [1.807, 2.05) is 5.38 Å². The van der Waals surface area contributed by atoms with Crippen molar-refractivity contribution in [1.29, 1.82) is 0 Å². The summed E-state index contributed by atoms with van der Waals surface area (Å²) in [6.07, 6.45) is 0. The fraction of sp³-hybridized carbons (Fsp3) is 0.357. The van der Waals surface area contributed by atoms with E-state index in [4.69, 9.17) is 0 Å². The van der Waals surface area contributed by atoms with Gasteiger partial charge in [-0.2, -0.15) is 0 Å². The van der Waals surface area contributed by atoms with Crippen LogP contribution in [-0.4, -0.2) is 15.4 Å². The molecule has 0 bridgehead atoms. The van der Waals surface area contributed by atoms with Crippen LogP contribution < -0.4 is 5.32 Å². The lowest BCUT2D eigenvalue weighted by Crippen LogP contribution is -2.34. The summed E-state index contributed by atoms with van der Waals surface area (Å²) in [7, 11) is 0. The summed E-state index contributed by atoms with van der Waals surface area (Å²) in [6, 6.07) is 6.46. The molecule has 1 N–H and O–H groups in total. The van der Waals surface area contributed by atoms with Crippen LogP contribution in [0, 0.1) is 10.1 Å². The zero-order valence-corrected chi connectivity index (χ0v) is 12.5. The predicted octanol–water partition coefficient (Wildman–Crippen LogP) is 3.61. The first kappa shape index (κ1) is 14.6. The maximum absolute atomic E-state index is 10.6. The predicted molar refractivity (Wildman–Crippen MR) is 80.8 cm³/mol. The molecule has 6 heteroatoms. The maximum atomic E-state index is 10.6. The molecule has 0 saturated carbocycles. The Morgan fingerprint density at radius 1 is 1.30 bits per heavy atom. The van der Waals surface area contributed by atoms with E-state index in [1.165, 1.54) is 12.1 Å². The Morgan fingerprint density at radius 3 is 2.50 bits per heavy atom. The Hall–Kier alpha value is -1.79. The largest absolute Gasteiger partial charge is 0.306 e. The van der Waals surface area contributed by atoms with E-state index in [9.17, 15) is 10.1 Å². The van der Waals surface area contributed by atoms with Gasteiger partial charge in [0, 0.05) is 35.2 Å². The molecule has 1 aromatic heterocycles. The van der Waals surface area contributed by atoms with Gasteiger partial charge in [0.25, 0.3) is 5.69 Å². The summed E-state index contributed by atoms with van der Waals surface area (Å²) in [5.41, 5.74) is 1.90. The lowest BCUT2D eigenvalue weighted by atomic mass is 10.1. The van der Waals surface area contributed by atoms with Gasteiger partial charge in [0.2, 0.25) is 0 Å². The molecule has 106 valence electrons. The average Bonchev–Trinajstić information content (AvgIpc) is 2.84. The second-order valence-electron chi connectivity index (χ2n) is 5.53. The number of aromatic nitrogens is 1. The highest BCUT2D eigenvalue weighted by atomic mass is 32.1. The van der Waals surface area contributed by atoms with E-state index in [1.54, 1.807) is 23.5 Å². The zero-order chi connectivity index (χ0) is 14.8. The number of hydrogen-bond acceptors (Lipinski definition) is 5. The Balaban J connectivity index is 2.10. The van der Waals surface area contributed by atoms with Gasteiger partial charge in [-0.15, -0.1) is 11.3 Å². The van der Waals surface area contributed by atoms with Gasteiger partial charge >= 0.3 is 0 Å². The summed E-state index contributed by atoms with van der Waals surface area (Å²) in [5.74, 6) is 0. The summed E-state index contributed by atoms with van der Waals surface area (Å²) in [4.78, 5) is 14.8. The van der Waals surface area contributed by atoms with Gasteiger partial charge in [-0.3, -0.25) is 10.1 Å². The van der Waals surface area contributed by atoms with Crippen LogP contribution in [0.5, 0.6) is 0 Å². The van der Waals surface area contributed by atoms with Gasteiger partial charge in [0.15, 0.2) is 0 Å². The molecule has 0 radical (unpaired) electrons. The number of nitro benzene ring substituents is 1. The van der Waals surface area contributed by atoms with Crippen molar-refractivity contribution in [2.24, 2.45) is 0 Å². The molecule has 0 amide bonds. The van der Waals surface area contributed by atoms with Gasteiger partial charge in [-0.05, 0) is 32.9 Å². The van der Waals surface area contributed by atoms with Gasteiger partial charge in [-0.1, -0.05) is 0 Å². The highest BCUT2D eigenvalue weighted by Crippen LogP contribution is 2.24. The van der Waals surface area contributed by atoms with Crippen LogP contribution in [0.4, 0.5) is 5.69 Å². The molecule has 2 aromatic rings. The second kappa shape index (κ2) is 5.68. The molecule has 5 nitrogen and oxygen atoms in total. The standard InChI is InChI=1S/C14H17N3O2S/c1-14(2,3)15-8-13-16-12(9-20-13)10-4-6-11(7-5-10)17(18)19/h4-7,9,15H,8H2,1-3H3. The number of thiazole rings is 1. The molecule has 0 aliphatic rings. The molecule has 0 unspecified atom stereocenters. The van der Waals surface area contributed by atoms with E-state index in [-0.39, 0.29) is 11.2 Å². The van der Waals surface area contributed by atoms with Gasteiger partial charge in [0.05, 0.1) is 10.6 Å². The minimum atomic E-state index is -0.399. The molecule has 0 aliphatic heterocycles. The number of rotatable bonds is 4. The minimum absolute atomic E-state index is 0.0548. The maximum Gasteiger partial charge on any atom is 0.269 e. The van der Waals surface area contributed by atoms with E-state index in [0.29, 0.717) is 0 Å². The summed E-state index contributed by atoms with van der Waals surface area (Å²) < 4.78 is 0. The van der Waals surface area contributed by atoms with Crippen molar-refractivity contribution in [3.05, 3.63) is 44.8 Å². The lowest BCUT2D eigenvalue weighted by Gasteiger charge is -2.19. The second-order valence-corrected chi connectivity index (χ2v) is 6.48. The Morgan fingerprint density at radius 2 is 1.95 bits per heavy atom. The fourth-order valence-corrected chi connectivity index (χ4v) is 2.36. The van der Waals surface area contributed by atoms with Crippen molar-refractivity contribution < 1.29 is 4.92 Å². The summed E-state index contributed by atoms with van der Waals surface area (Å²) in [6.45, 7) is 7.05. The summed E-state index contributed by atoms with van der Waals surface area (Å²) >= 11 is 1.59. The van der Waals surface area contributed by atoms with Crippen molar-refractivity contribution in [3.8, 4) is 11.3 Å². The van der Waals surface area contributed by atoms with Crippen LogP contribution in [0.1, 0.15) is 25.8 Å². The lowest BCUT2D eigenvalue weighted by molar-refractivity contribution is -0.384. The molecular weight excluding hydrogens is 274 g/mol. The van der Waals surface area contributed by atoms with Crippen LogP contribution in [0.3, 0.4) is 0 Å². The monoisotopic (exact) mass is 291 g/mol. The van der Waals surface area contributed by atoms with Crippen LogP contribution in [0.15, 0.2) is 29.6 Å². The number of nitro groups is 1. The molecule has 0 saturated heterocycles. The first-order valence-corrected chi connectivity index (χ1v) is 7.17. The molecule has 20 heavy (non-hydrogen) atoms. The Bertz CT molecular complexity index is 600. The number of benzene rings is 1. The molecule has 0 atom stereocenters.